The van der Waals surface area contributed by atoms with Gasteiger partial charge in [0.25, 0.3) is 0 Å². The Morgan fingerprint density at radius 2 is 2.27 bits per heavy atom. The van der Waals surface area contributed by atoms with E-state index < -0.39 is 5.97 Å². The zero-order chi connectivity index (χ0) is 11.6. The minimum atomic E-state index is -1.40. The molecule has 4 nitrogen and oxygen atoms in total. The molecular formula is C10H8N2O2S-2. The number of aromatic nitrogens is 1. The highest BCUT2D eigenvalue weighted by molar-refractivity contribution is 7.58. The average molecular weight is 220 g/mol. The van der Waals surface area contributed by atoms with Crippen LogP contribution in [0.3, 0.4) is 0 Å². The Hall–Kier alpha value is -1.67. The highest BCUT2D eigenvalue weighted by atomic mass is 32.1. The summed E-state index contributed by atoms with van der Waals surface area (Å²) in [5.41, 5.74) is 0.272. The van der Waals surface area contributed by atoms with E-state index in [-0.39, 0.29) is 22.1 Å². The Balaban J connectivity index is 3.47. The topological polar surface area (TPSA) is 76.8 Å². The fourth-order valence-electron chi connectivity index (χ4n) is 1.11. The maximum absolute atomic E-state index is 10.8. The van der Waals surface area contributed by atoms with E-state index in [1.807, 2.05) is 13.8 Å². The number of hydrogen-bond donors (Lipinski definition) is 0. The van der Waals surface area contributed by atoms with Gasteiger partial charge in [0.15, 0.2) is 0 Å². The van der Waals surface area contributed by atoms with Crippen molar-refractivity contribution in [3.05, 3.63) is 22.9 Å². The number of rotatable bonds is 2. The van der Waals surface area contributed by atoms with Gasteiger partial charge in [-0.15, -0.1) is 0 Å². The summed E-state index contributed by atoms with van der Waals surface area (Å²) in [5.74, 6) is -1.35. The normalized spacial score (nSPS) is 10.0. The van der Waals surface area contributed by atoms with Gasteiger partial charge >= 0.3 is 0 Å². The molecule has 0 radical (unpaired) electrons. The van der Waals surface area contributed by atoms with Crippen LogP contribution in [0.4, 0.5) is 0 Å². The molecule has 0 bridgehead atoms. The van der Waals surface area contributed by atoms with E-state index in [4.69, 9.17) is 17.9 Å². The SMILES string of the molecule is CC(C)c1cc(C(=O)[O-])c(C#N)c([S-])n1. The zero-order valence-corrected chi connectivity index (χ0v) is 9.09. The van der Waals surface area contributed by atoms with Crippen molar-refractivity contribution in [3.63, 3.8) is 0 Å². The fraction of sp³-hybridized carbons (Fsp3) is 0.300. The average Bonchev–Trinajstić information content (AvgIpc) is 2.16. The van der Waals surface area contributed by atoms with Gasteiger partial charge in [-0.2, -0.15) is 5.26 Å². The number of nitriles is 1. The molecule has 78 valence electrons. The van der Waals surface area contributed by atoms with Crippen molar-refractivity contribution in [2.75, 3.05) is 0 Å². The molecular weight excluding hydrogens is 212 g/mol. The lowest BCUT2D eigenvalue weighted by atomic mass is 10.0. The summed E-state index contributed by atoms with van der Waals surface area (Å²) in [6.45, 7) is 3.73. The van der Waals surface area contributed by atoms with E-state index in [1.54, 1.807) is 6.07 Å². The molecule has 0 saturated carbocycles. The number of carbonyl (C=O) groups excluding carboxylic acids is 1. The van der Waals surface area contributed by atoms with Gasteiger partial charge in [0.05, 0.1) is 17.6 Å². The molecule has 0 unspecified atom stereocenters. The molecule has 0 N–H and O–H groups in total. The predicted molar refractivity (Wildman–Crippen MR) is 53.0 cm³/mol. The van der Waals surface area contributed by atoms with Crippen LogP contribution in [-0.2, 0) is 12.6 Å². The third kappa shape index (κ3) is 2.22. The molecule has 0 aliphatic carbocycles. The van der Waals surface area contributed by atoms with Crippen LogP contribution in [0.1, 0.15) is 41.4 Å². The number of nitrogens with zero attached hydrogens (tertiary/aromatic N) is 2. The second-order valence-corrected chi connectivity index (χ2v) is 3.72. The van der Waals surface area contributed by atoms with Crippen molar-refractivity contribution in [2.45, 2.75) is 24.8 Å². The Labute approximate surface area is 93.0 Å². The first kappa shape index (κ1) is 11.4. The Morgan fingerprint density at radius 1 is 1.67 bits per heavy atom. The fourth-order valence-corrected chi connectivity index (χ4v) is 1.37. The molecule has 1 heterocycles. The zero-order valence-electron chi connectivity index (χ0n) is 8.27. The highest BCUT2D eigenvalue weighted by Crippen LogP contribution is 2.18. The maximum Gasteiger partial charge on any atom is 0.0998 e. The Kier molecular flexibility index (Phi) is 3.22. The summed E-state index contributed by atoms with van der Waals surface area (Å²) in [7, 11) is 0. The molecule has 0 saturated heterocycles. The lowest BCUT2D eigenvalue weighted by Gasteiger charge is -2.16. The molecule has 1 aromatic heterocycles. The summed E-state index contributed by atoms with van der Waals surface area (Å²) >= 11 is 4.84. The van der Waals surface area contributed by atoms with Crippen LogP contribution in [0, 0.1) is 11.3 Å². The first-order valence-corrected chi connectivity index (χ1v) is 4.71. The number of carboxylic acids is 1. The van der Waals surface area contributed by atoms with Crippen molar-refractivity contribution in [2.24, 2.45) is 0 Å². The lowest BCUT2D eigenvalue weighted by molar-refractivity contribution is -0.255. The number of carboxylic acid groups (broad SMARTS) is 1. The van der Waals surface area contributed by atoms with Crippen molar-refractivity contribution < 1.29 is 9.90 Å². The van der Waals surface area contributed by atoms with E-state index in [0.29, 0.717) is 5.69 Å². The van der Waals surface area contributed by atoms with Crippen LogP contribution in [-0.4, -0.2) is 11.0 Å². The van der Waals surface area contributed by atoms with Gasteiger partial charge in [0.2, 0.25) is 0 Å². The predicted octanol–water partition coefficient (Wildman–Crippen LogP) is 0.346. The van der Waals surface area contributed by atoms with Crippen LogP contribution in [0.2, 0.25) is 0 Å². The van der Waals surface area contributed by atoms with Crippen molar-refractivity contribution in [1.29, 1.82) is 5.26 Å². The van der Waals surface area contributed by atoms with Crippen LogP contribution in [0.5, 0.6) is 0 Å². The molecule has 5 heteroatoms. The lowest BCUT2D eigenvalue weighted by Crippen LogP contribution is -2.24. The van der Waals surface area contributed by atoms with Crippen LogP contribution < -0.4 is 5.11 Å². The summed E-state index contributed by atoms with van der Waals surface area (Å²) in [4.78, 5) is 14.8. The van der Waals surface area contributed by atoms with Crippen LogP contribution in [0.15, 0.2) is 11.1 Å². The van der Waals surface area contributed by atoms with Crippen molar-refractivity contribution >= 4 is 18.6 Å². The summed E-state index contributed by atoms with van der Waals surface area (Å²) < 4.78 is 0. The van der Waals surface area contributed by atoms with Gasteiger partial charge in [-0.3, -0.25) is 4.98 Å². The van der Waals surface area contributed by atoms with Gasteiger partial charge in [0, 0.05) is 11.3 Å². The molecule has 1 aromatic rings. The Morgan fingerprint density at radius 3 is 2.67 bits per heavy atom. The number of aromatic carboxylic acids is 1. The van der Waals surface area contributed by atoms with E-state index >= 15 is 0 Å². The van der Waals surface area contributed by atoms with Crippen molar-refractivity contribution in [3.8, 4) is 6.07 Å². The quantitative estimate of drug-likeness (QED) is 0.672. The molecule has 0 spiro atoms. The minimum absolute atomic E-state index is 0.0166. The molecule has 0 atom stereocenters. The van der Waals surface area contributed by atoms with Gasteiger partial charge in [0.1, 0.15) is 0 Å². The number of hydrogen-bond acceptors (Lipinski definition) is 5. The molecule has 0 aliphatic rings. The van der Waals surface area contributed by atoms with E-state index in [9.17, 15) is 9.90 Å². The first-order valence-electron chi connectivity index (χ1n) is 4.30. The molecule has 15 heavy (non-hydrogen) atoms. The van der Waals surface area contributed by atoms with Gasteiger partial charge in [-0.25, -0.2) is 0 Å². The monoisotopic (exact) mass is 220 g/mol. The standard InChI is InChI=1S/C10H10N2O2S/c1-5(2)8-3-6(10(13)14)7(4-11)9(15)12-8/h3,5H,1-2H3,(H,12,15)(H,13,14)/p-2. The highest BCUT2D eigenvalue weighted by Gasteiger charge is 2.09. The van der Waals surface area contributed by atoms with E-state index in [2.05, 4.69) is 4.98 Å². The number of pyridine rings is 1. The molecule has 1 rings (SSSR count). The second kappa shape index (κ2) is 4.24. The molecule has 0 aromatic carbocycles. The maximum atomic E-state index is 10.8. The summed E-state index contributed by atoms with van der Waals surface area (Å²) in [6.07, 6.45) is 0. The van der Waals surface area contributed by atoms with Gasteiger partial charge < -0.3 is 22.5 Å². The minimum Gasteiger partial charge on any atom is -0.759 e. The number of carbonyl (C=O) groups is 1. The van der Waals surface area contributed by atoms with E-state index in [1.165, 1.54) is 6.07 Å². The summed E-state index contributed by atoms with van der Waals surface area (Å²) in [5, 5.41) is 19.5. The van der Waals surface area contributed by atoms with Crippen molar-refractivity contribution in [1.82, 2.24) is 4.98 Å². The third-order valence-electron chi connectivity index (χ3n) is 1.93. The van der Waals surface area contributed by atoms with E-state index in [0.717, 1.165) is 0 Å². The smallest absolute Gasteiger partial charge is 0.0998 e. The second-order valence-electron chi connectivity index (χ2n) is 3.33. The largest absolute Gasteiger partial charge is 0.759 e. The Bertz CT molecular complexity index is 449. The molecule has 0 amide bonds. The summed E-state index contributed by atoms with van der Waals surface area (Å²) in [6, 6.07) is 3.07. The van der Waals surface area contributed by atoms with Gasteiger partial charge in [-0.05, 0) is 12.0 Å². The first-order chi connectivity index (χ1) is 6.97. The third-order valence-corrected chi connectivity index (χ3v) is 2.22. The van der Waals surface area contributed by atoms with Crippen LogP contribution in [0.25, 0.3) is 0 Å². The molecule has 0 aliphatic heterocycles. The molecule has 0 fully saturated rings. The van der Waals surface area contributed by atoms with Crippen LogP contribution >= 0.6 is 0 Å². The van der Waals surface area contributed by atoms with Gasteiger partial charge in [-0.1, -0.05) is 18.9 Å².